The number of carbonyl (C=O) groups is 1. The van der Waals surface area contributed by atoms with E-state index >= 15 is 0 Å². The molecule has 4 nitrogen and oxygen atoms in total. The Kier molecular flexibility index (Phi) is 6.49. The average molecular weight is 344 g/mol. The molecular formula is C21H32N2O2. The molecule has 0 bridgehead atoms. The monoisotopic (exact) mass is 344 g/mol. The standard InChI is InChI=1S/C21H32N2O2/c1-16(21(25)22-19-7-9-20(24)10-8-19)23-13-11-18(12-14-23)15-17-5-3-2-4-6-17/h2-6,16,18-20,24H,7-15H2,1H3,(H,22,25)/t16-,19?,20?/m0/s1. The molecule has 1 saturated heterocycles. The number of nitrogens with one attached hydrogen (secondary N) is 1. The van der Waals surface area contributed by atoms with Crippen LogP contribution in [0.15, 0.2) is 30.3 Å². The molecule has 1 heterocycles. The molecule has 1 aromatic rings. The van der Waals surface area contributed by atoms with Crippen LogP contribution in [0.2, 0.25) is 0 Å². The summed E-state index contributed by atoms with van der Waals surface area (Å²) < 4.78 is 0. The normalized spacial score (nSPS) is 27.0. The highest BCUT2D eigenvalue weighted by Crippen LogP contribution is 2.23. The van der Waals surface area contributed by atoms with Crippen molar-refractivity contribution in [2.45, 2.75) is 70.1 Å². The van der Waals surface area contributed by atoms with Crippen LogP contribution >= 0.6 is 0 Å². The Labute approximate surface area is 151 Å². The van der Waals surface area contributed by atoms with Gasteiger partial charge in [-0.2, -0.15) is 0 Å². The molecule has 1 amide bonds. The van der Waals surface area contributed by atoms with E-state index in [0.29, 0.717) is 0 Å². The Morgan fingerprint density at radius 1 is 1.12 bits per heavy atom. The number of amides is 1. The van der Waals surface area contributed by atoms with Gasteiger partial charge in [-0.05, 0) is 76.4 Å². The van der Waals surface area contributed by atoms with Crippen molar-refractivity contribution in [3.8, 4) is 0 Å². The van der Waals surface area contributed by atoms with Crippen LogP contribution in [-0.4, -0.2) is 47.2 Å². The molecule has 1 atom stereocenters. The molecule has 4 heteroatoms. The lowest BCUT2D eigenvalue weighted by Crippen LogP contribution is -2.51. The van der Waals surface area contributed by atoms with Crippen molar-refractivity contribution < 1.29 is 9.90 Å². The van der Waals surface area contributed by atoms with Crippen LogP contribution in [0.4, 0.5) is 0 Å². The van der Waals surface area contributed by atoms with E-state index < -0.39 is 0 Å². The second-order valence-corrected chi connectivity index (χ2v) is 7.86. The predicted octanol–water partition coefficient (Wildman–Crippen LogP) is 2.75. The molecule has 0 radical (unpaired) electrons. The third-order valence-corrected chi connectivity index (χ3v) is 5.99. The lowest BCUT2D eigenvalue weighted by Gasteiger charge is -2.36. The Morgan fingerprint density at radius 2 is 1.76 bits per heavy atom. The fraction of sp³-hybridized carbons (Fsp3) is 0.667. The minimum atomic E-state index is -0.172. The zero-order valence-electron chi connectivity index (χ0n) is 15.4. The number of piperidine rings is 1. The fourth-order valence-corrected chi connectivity index (χ4v) is 4.20. The number of nitrogens with zero attached hydrogens (tertiary/aromatic N) is 1. The number of hydrogen-bond donors (Lipinski definition) is 2. The van der Waals surface area contributed by atoms with Gasteiger partial charge in [0.25, 0.3) is 0 Å². The van der Waals surface area contributed by atoms with Gasteiger partial charge in [0.2, 0.25) is 5.91 Å². The minimum Gasteiger partial charge on any atom is -0.393 e. The maximum absolute atomic E-state index is 12.5. The quantitative estimate of drug-likeness (QED) is 0.863. The smallest absolute Gasteiger partial charge is 0.237 e. The number of benzene rings is 1. The van der Waals surface area contributed by atoms with Crippen molar-refractivity contribution in [2.75, 3.05) is 13.1 Å². The van der Waals surface area contributed by atoms with Gasteiger partial charge >= 0.3 is 0 Å². The van der Waals surface area contributed by atoms with Crippen LogP contribution in [0.5, 0.6) is 0 Å². The molecule has 2 fully saturated rings. The molecule has 1 aliphatic carbocycles. The van der Waals surface area contributed by atoms with Gasteiger partial charge in [-0.25, -0.2) is 0 Å². The van der Waals surface area contributed by atoms with Gasteiger partial charge < -0.3 is 10.4 Å². The first kappa shape index (κ1) is 18.4. The van der Waals surface area contributed by atoms with Gasteiger partial charge in [0.05, 0.1) is 12.1 Å². The van der Waals surface area contributed by atoms with Crippen LogP contribution in [0.1, 0.15) is 51.0 Å². The molecule has 0 aromatic heterocycles. The summed E-state index contributed by atoms with van der Waals surface area (Å²) in [5.74, 6) is 0.886. The zero-order valence-corrected chi connectivity index (χ0v) is 15.4. The van der Waals surface area contributed by atoms with Gasteiger partial charge in [0, 0.05) is 6.04 Å². The second kappa shape index (κ2) is 8.81. The molecule has 1 aromatic carbocycles. The van der Waals surface area contributed by atoms with E-state index in [-0.39, 0.29) is 24.1 Å². The Hall–Kier alpha value is -1.39. The SMILES string of the molecule is C[C@@H](C(=O)NC1CCC(O)CC1)N1CCC(Cc2ccccc2)CC1. The van der Waals surface area contributed by atoms with E-state index in [9.17, 15) is 9.90 Å². The van der Waals surface area contributed by atoms with E-state index in [4.69, 9.17) is 0 Å². The summed E-state index contributed by atoms with van der Waals surface area (Å²) in [5, 5.41) is 12.8. The fourth-order valence-electron chi connectivity index (χ4n) is 4.20. The maximum atomic E-state index is 12.5. The first-order chi connectivity index (χ1) is 12.1. The van der Waals surface area contributed by atoms with Crippen LogP contribution in [0, 0.1) is 5.92 Å². The minimum absolute atomic E-state index is 0.0514. The lowest BCUT2D eigenvalue weighted by molar-refractivity contribution is -0.127. The molecule has 1 saturated carbocycles. The van der Waals surface area contributed by atoms with Gasteiger partial charge in [0.1, 0.15) is 0 Å². The van der Waals surface area contributed by atoms with Gasteiger partial charge in [-0.15, -0.1) is 0 Å². The number of aliphatic hydroxyl groups is 1. The van der Waals surface area contributed by atoms with Crippen LogP contribution < -0.4 is 5.32 Å². The topological polar surface area (TPSA) is 52.6 Å². The summed E-state index contributed by atoms with van der Waals surface area (Å²) in [6.07, 6.45) is 6.74. The average Bonchev–Trinajstić information content (AvgIpc) is 2.64. The lowest BCUT2D eigenvalue weighted by atomic mass is 9.89. The number of hydrogen-bond acceptors (Lipinski definition) is 3. The van der Waals surface area contributed by atoms with Crippen molar-refractivity contribution in [1.29, 1.82) is 0 Å². The number of aliphatic hydroxyl groups excluding tert-OH is 1. The van der Waals surface area contributed by atoms with Crippen molar-refractivity contribution >= 4 is 5.91 Å². The van der Waals surface area contributed by atoms with Crippen LogP contribution in [0.3, 0.4) is 0 Å². The number of carbonyl (C=O) groups excluding carboxylic acids is 1. The van der Waals surface area contributed by atoms with Crippen molar-refractivity contribution in [1.82, 2.24) is 10.2 Å². The Balaban J connectivity index is 1.41. The maximum Gasteiger partial charge on any atom is 0.237 e. The predicted molar refractivity (Wildman–Crippen MR) is 100 cm³/mol. The summed E-state index contributed by atoms with van der Waals surface area (Å²) in [5.41, 5.74) is 1.42. The second-order valence-electron chi connectivity index (χ2n) is 7.86. The first-order valence-electron chi connectivity index (χ1n) is 9.88. The van der Waals surface area contributed by atoms with Crippen LogP contribution in [0.25, 0.3) is 0 Å². The van der Waals surface area contributed by atoms with Gasteiger partial charge in [-0.1, -0.05) is 30.3 Å². The highest BCUT2D eigenvalue weighted by molar-refractivity contribution is 5.81. The molecular weight excluding hydrogens is 312 g/mol. The summed E-state index contributed by atoms with van der Waals surface area (Å²) in [6, 6.07) is 10.9. The Bertz CT molecular complexity index is 532. The molecule has 1 aliphatic heterocycles. The number of likely N-dealkylation sites (tertiary alicyclic amines) is 1. The molecule has 2 N–H and O–H groups in total. The first-order valence-corrected chi connectivity index (χ1v) is 9.88. The zero-order chi connectivity index (χ0) is 17.6. The highest BCUT2D eigenvalue weighted by atomic mass is 16.3. The molecule has 3 rings (SSSR count). The third-order valence-electron chi connectivity index (χ3n) is 5.99. The van der Waals surface area contributed by atoms with E-state index in [2.05, 4.69) is 40.5 Å². The molecule has 138 valence electrons. The van der Waals surface area contributed by atoms with Crippen molar-refractivity contribution in [3.05, 3.63) is 35.9 Å². The van der Waals surface area contributed by atoms with Gasteiger partial charge in [-0.3, -0.25) is 9.69 Å². The Morgan fingerprint density at radius 3 is 2.40 bits per heavy atom. The summed E-state index contributed by atoms with van der Waals surface area (Å²) in [4.78, 5) is 14.9. The molecule has 0 spiro atoms. The molecule has 2 aliphatic rings. The van der Waals surface area contributed by atoms with Crippen molar-refractivity contribution in [3.63, 3.8) is 0 Å². The van der Waals surface area contributed by atoms with E-state index in [1.807, 2.05) is 6.92 Å². The molecule has 25 heavy (non-hydrogen) atoms. The summed E-state index contributed by atoms with van der Waals surface area (Å²) in [7, 11) is 0. The number of rotatable bonds is 5. The largest absolute Gasteiger partial charge is 0.393 e. The highest BCUT2D eigenvalue weighted by Gasteiger charge is 2.28. The van der Waals surface area contributed by atoms with Crippen LogP contribution in [-0.2, 0) is 11.2 Å². The molecule has 0 unspecified atom stereocenters. The summed E-state index contributed by atoms with van der Waals surface area (Å²) in [6.45, 7) is 4.05. The summed E-state index contributed by atoms with van der Waals surface area (Å²) >= 11 is 0. The van der Waals surface area contributed by atoms with Gasteiger partial charge in [0.15, 0.2) is 0 Å². The van der Waals surface area contributed by atoms with E-state index in [1.54, 1.807) is 0 Å². The van der Waals surface area contributed by atoms with E-state index in [0.717, 1.165) is 51.1 Å². The third kappa shape index (κ3) is 5.29. The van der Waals surface area contributed by atoms with Crippen molar-refractivity contribution in [2.24, 2.45) is 5.92 Å². The van der Waals surface area contributed by atoms with E-state index in [1.165, 1.54) is 18.4 Å².